The smallest absolute Gasteiger partial charge is 0.391 e. The quantitative estimate of drug-likeness (QED) is 0.598. The van der Waals surface area contributed by atoms with Crippen molar-refractivity contribution in [1.29, 1.82) is 0 Å². The molecule has 8 heteroatoms. The third-order valence-electron chi connectivity index (χ3n) is 1.59. The first-order valence-electron chi connectivity index (χ1n) is 5.01. The third kappa shape index (κ3) is 10.3. The molecule has 1 heterocycles. The maximum atomic E-state index is 8.77. The Morgan fingerprint density at radius 1 is 1.33 bits per heavy atom. The van der Waals surface area contributed by atoms with Gasteiger partial charge in [-0.3, -0.25) is 4.98 Å². The summed E-state index contributed by atoms with van der Waals surface area (Å²) in [6, 6.07) is 1.54. The predicted octanol–water partition coefficient (Wildman–Crippen LogP) is 0.796. The van der Waals surface area contributed by atoms with Crippen molar-refractivity contribution in [2.24, 2.45) is 5.92 Å². The van der Waals surface area contributed by atoms with Gasteiger partial charge in [0.1, 0.15) is 0 Å². The van der Waals surface area contributed by atoms with Crippen LogP contribution in [0.5, 0.6) is 5.75 Å². The number of pyridine rings is 1. The van der Waals surface area contributed by atoms with Crippen LogP contribution in [-0.2, 0) is 39.3 Å². The summed E-state index contributed by atoms with van der Waals surface area (Å²) in [6.07, 6.45) is 2.79. The number of aromatic nitrogens is 1. The van der Waals surface area contributed by atoms with Crippen LogP contribution in [0.15, 0.2) is 18.5 Å². The zero-order valence-electron chi connectivity index (χ0n) is 10.4. The number of hydrogen-bond acceptors (Lipinski definition) is 6. The van der Waals surface area contributed by atoms with E-state index in [2.05, 4.69) is 9.51 Å². The van der Waals surface area contributed by atoms with Gasteiger partial charge in [0, 0.05) is 51.1 Å². The van der Waals surface area contributed by atoms with Gasteiger partial charge in [0.05, 0.1) is 12.8 Å². The van der Waals surface area contributed by atoms with Crippen LogP contribution in [0, 0.1) is 5.92 Å². The molecule has 4 N–H and O–H groups in total. The Morgan fingerprint density at radius 3 is 2.28 bits per heavy atom. The first-order valence-corrected chi connectivity index (χ1v) is 6.18. The molecule has 0 unspecified atom stereocenters. The summed E-state index contributed by atoms with van der Waals surface area (Å²) in [4.78, 5) is 20.7. The second kappa shape index (κ2) is 12.4. The number of rotatable bonds is 4. The van der Waals surface area contributed by atoms with Crippen LogP contribution in [-0.4, -0.2) is 31.6 Å². The number of nitrogens with zero attached hydrogens (tertiary/aromatic N) is 1. The minimum atomic E-state index is -2.45. The van der Waals surface area contributed by atoms with Gasteiger partial charge in [-0.05, 0) is 12.0 Å². The standard InChI is InChI=1S/C6H8NO4P.C4H10O.Y/c8-4-5-1-2-7-3-6(5)11-12(9)10;1-4(2)3-5;/h1-3,8-10H,4H2;4-5H,3H2,1-2H3;. The summed E-state index contributed by atoms with van der Waals surface area (Å²) in [6.45, 7) is 4.03. The maximum absolute atomic E-state index is 8.77. The zero-order valence-corrected chi connectivity index (χ0v) is 14.1. The minimum Gasteiger partial charge on any atom is -0.425 e. The molecule has 0 saturated heterocycles. The molecule has 0 spiro atoms. The van der Waals surface area contributed by atoms with E-state index in [1.165, 1.54) is 18.5 Å². The summed E-state index contributed by atoms with van der Waals surface area (Å²) in [5, 5.41) is 16.9. The van der Waals surface area contributed by atoms with Gasteiger partial charge < -0.3 is 24.5 Å². The Morgan fingerprint density at radius 2 is 1.89 bits per heavy atom. The number of aliphatic hydroxyl groups is 2. The molecule has 0 aromatic carbocycles. The van der Waals surface area contributed by atoms with Gasteiger partial charge in [-0.15, -0.1) is 0 Å². The summed E-state index contributed by atoms with van der Waals surface area (Å²) < 4.78 is 4.59. The molecule has 0 saturated carbocycles. The molecular weight excluding hydrogens is 334 g/mol. The van der Waals surface area contributed by atoms with Crippen molar-refractivity contribution in [2.45, 2.75) is 20.5 Å². The van der Waals surface area contributed by atoms with Crippen molar-refractivity contribution in [3.8, 4) is 5.75 Å². The van der Waals surface area contributed by atoms with E-state index in [4.69, 9.17) is 20.0 Å². The fourth-order valence-corrected chi connectivity index (χ4v) is 1.05. The summed E-state index contributed by atoms with van der Waals surface area (Å²) in [5.74, 6) is 0.631. The van der Waals surface area contributed by atoms with E-state index in [0.717, 1.165) is 0 Å². The Labute approximate surface area is 133 Å². The zero-order chi connectivity index (χ0) is 13.3. The van der Waals surface area contributed by atoms with Gasteiger partial charge in [-0.2, -0.15) is 0 Å². The molecule has 6 nitrogen and oxygen atoms in total. The molecule has 0 atom stereocenters. The summed E-state index contributed by atoms with van der Waals surface area (Å²) in [5.41, 5.74) is 0.473. The fraction of sp³-hybridized carbons (Fsp3) is 0.500. The van der Waals surface area contributed by atoms with Gasteiger partial charge in [0.15, 0.2) is 5.75 Å². The number of aliphatic hydroxyl groups excluding tert-OH is 2. The average Bonchev–Trinajstić information content (AvgIpc) is 2.29. The predicted molar refractivity (Wildman–Crippen MR) is 64.1 cm³/mol. The molecule has 0 aliphatic carbocycles. The Hall–Kier alpha value is 0.324. The van der Waals surface area contributed by atoms with E-state index < -0.39 is 8.60 Å². The first kappa shape index (κ1) is 20.6. The van der Waals surface area contributed by atoms with Crippen molar-refractivity contribution in [2.75, 3.05) is 6.61 Å². The normalized spacial score (nSPS) is 9.56. The monoisotopic (exact) mass is 352 g/mol. The molecule has 1 aromatic heterocycles. The van der Waals surface area contributed by atoms with Crippen molar-refractivity contribution in [3.63, 3.8) is 0 Å². The van der Waals surface area contributed by atoms with Gasteiger partial charge in [-0.1, -0.05) is 13.8 Å². The molecule has 0 bridgehead atoms. The number of hydrogen-bond donors (Lipinski definition) is 4. The van der Waals surface area contributed by atoms with Crippen LogP contribution in [0.2, 0.25) is 0 Å². The van der Waals surface area contributed by atoms with Gasteiger partial charge in [0.25, 0.3) is 0 Å². The van der Waals surface area contributed by atoms with Crippen LogP contribution in [0.1, 0.15) is 19.4 Å². The molecule has 1 rings (SSSR count). The molecule has 101 valence electrons. The van der Waals surface area contributed by atoms with Crippen LogP contribution in [0.4, 0.5) is 0 Å². The first-order chi connectivity index (χ1) is 8.01. The largest absolute Gasteiger partial charge is 0.425 e. The van der Waals surface area contributed by atoms with E-state index in [-0.39, 0.29) is 45.1 Å². The second-order valence-electron chi connectivity index (χ2n) is 3.56. The van der Waals surface area contributed by atoms with Crippen molar-refractivity contribution in [3.05, 3.63) is 24.0 Å². The van der Waals surface area contributed by atoms with Gasteiger partial charge >= 0.3 is 8.60 Å². The van der Waals surface area contributed by atoms with Crippen LogP contribution < -0.4 is 4.52 Å². The van der Waals surface area contributed by atoms with E-state index in [0.29, 0.717) is 18.1 Å². The van der Waals surface area contributed by atoms with E-state index in [1.54, 1.807) is 0 Å². The topological polar surface area (TPSA) is 103 Å². The molecule has 0 aliphatic heterocycles. The molecule has 0 aliphatic rings. The third-order valence-corrected chi connectivity index (χ3v) is 1.95. The van der Waals surface area contributed by atoms with Gasteiger partial charge in [0.2, 0.25) is 0 Å². The second-order valence-corrected chi connectivity index (χ2v) is 4.25. The van der Waals surface area contributed by atoms with E-state index >= 15 is 0 Å². The maximum Gasteiger partial charge on any atom is 0.391 e. The summed E-state index contributed by atoms with van der Waals surface area (Å²) in [7, 11) is -2.45. The molecule has 1 radical (unpaired) electrons. The van der Waals surface area contributed by atoms with Crippen LogP contribution in [0.3, 0.4) is 0 Å². The van der Waals surface area contributed by atoms with Crippen molar-refractivity contribution >= 4 is 8.60 Å². The van der Waals surface area contributed by atoms with Crippen LogP contribution in [0.25, 0.3) is 0 Å². The van der Waals surface area contributed by atoms with Crippen molar-refractivity contribution < 1.29 is 57.2 Å². The van der Waals surface area contributed by atoms with E-state index in [1.807, 2.05) is 13.8 Å². The van der Waals surface area contributed by atoms with Crippen molar-refractivity contribution in [1.82, 2.24) is 4.98 Å². The molecule has 0 fully saturated rings. The molecule has 1 aromatic rings. The van der Waals surface area contributed by atoms with Gasteiger partial charge in [-0.25, -0.2) is 0 Å². The Kier molecular flexibility index (Phi) is 14.2. The van der Waals surface area contributed by atoms with Crippen LogP contribution >= 0.6 is 8.60 Å². The summed E-state index contributed by atoms with van der Waals surface area (Å²) >= 11 is 0. The Bertz CT molecular complexity index is 314. The minimum absolute atomic E-state index is 0. The fourth-order valence-electron chi connectivity index (χ4n) is 0.710. The molecule has 18 heavy (non-hydrogen) atoms. The Balaban J connectivity index is 0. The SMILES string of the molecule is CC(C)CO.OCc1ccncc1OP(O)O.[Y]. The average molecular weight is 352 g/mol. The molecule has 0 amide bonds. The molecular formula is C10H18NO5PY. The van der Waals surface area contributed by atoms with E-state index in [9.17, 15) is 0 Å².